The Balaban J connectivity index is 1.59. The number of nitrogens with one attached hydrogen (secondary N) is 1. The molecule has 0 bridgehead atoms. The molecular formula is C21H20N2O2. The molecule has 3 rings (SSSR count). The van der Waals surface area contributed by atoms with Crippen molar-refractivity contribution in [2.24, 2.45) is 5.10 Å². The van der Waals surface area contributed by atoms with E-state index in [9.17, 15) is 4.79 Å². The third-order valence-electron chi connectivity index (χ3n) is 3.93. The Morgan fingerprint density at radius 3 is 2.68 bits per heavy atom. The highest BCUT2D eigenvalue weighted by Crippen LogP contribution is 2.18. The lowest BCUT2D eigenvalue weighted by atomic mass is 10.1. The van der Waals surface area contributed by atoms with Crippen LogP contribution >= 0.6 is 0 Å². The average Bonchev–Trinajstić information content (AvgIpc) is 2.67. The lowest BCUT2D eigenvalue weighted by Gasteiger charge is -2.09. The van der Waals surface area contributed by atoms with Crippen LogP contribution < -0.4 is 10.2 Å². The predicted octanol–water partition coefficient (Wildman–Crippen LogP) is 3.93. The maximum atomic E-state index is 11.9. The largest absolute Gasteiger partial charge is 0.483 e. The van der Waals surface area contributed by atoms with Gasteiger partial charge in [-0.05, 0) is 28.8 Å². The molecule has 0 aromatic heterocycles. The first-order chi connectivity index (χ1) is 12.3. The number of nitrogens with zero attached hydrogens (tertiary/aromatic N) is 1. The molecule has 25 heavy (non-hydrogen) atoms. The van der Waals surface area contributed by atoms with E-state index in [0.717, 1.165) is 34.1 Å². The van der Waals surface area contributed by atoms with Gasteiger partial charge in [0.15, 0.2) is 6.61 Å². The topological polar surface area (TPSA) is 50.7 Å². The summed E-state index contributed by atoms with van der Waals surface area (Å²) in [5, 5.41) is 6.27. The van der Waals surface area contributed by atoms with E-state index in [0.29, 0.717) is 0 Å². The monoisotopic (exact) mass is 332 g/mol. The van der Waals surface area contributed by atoms with Crippen LogP contribution in [-0.4, -0.2) is 18.7 Å². The molecule has 126 valence electrons. The summed E-state index contributed by atoms with van der Waals surface area (Å²) >= 11 is 0. The summed E-state index contributed by atoms with van der Waals surface area (Å²) in [6, 6.07) is 21.7. The van der Waals surface area contributed by atoms with E-state index in [2.05, 4.69) is 17.5 Å². The normalized spacial score (nSPS) is 10.9. The van der Waals surface area contributed by atoms with Gasteiger partial charge in [0.25, 0.3) is 5.91 Å². The van der Waals surface area contributed by atoms with Crippen LogP contribution in [0.3, 0.4) is 0 Å². The molecule has 4 nitrogen and oxygen atoms in total. The van der Waals surface area contributed by atoms with E-state index in [1.54, 1.807) is 6.21 Å². The van der Waals surface area contributed by atoms with E-state index in [4.69, 9.17) is 4.74 Å². The molecule has 0 fully saturated rings. The Hall–Kier alpha value is -3.14. The number of para-hydroxylation sites is 1. The second-order valence-electron chi connectivity index (χ2n) is 5.61. The highest BCUT2D eigenvalue weighted by atomic mass is 16.5. The number of hydrogen-bond donors (Lipinski definition) is 1. The van der Waals surface area contributed by atoms with Crippen molar-refractivity contribution in [3.05, 3.63) is 77.9 Å². The first-order valence-corrected chi connectivity index (χ1v) is 8.28. The number of fused-ring (bicyclic) bond motifs is 1. The van der Waals surface area contributed by atoms with Crippen molar-refractivity contribution in [3.8, 4) is 5.75 Å². The molecule has 0 aliphatic rings. The van der Waals surface area contributed by atoms with Gasteiger partial charge in [0, 0.05) is 5.56 Å². The van der Waals surface area contributed by atoms with Gasteiger partial charge in [0.05, 0.1) is 6.21 Å². The molecular weight excluding hydrogens is 312 g/mol. The van der Waals surface area contributed by atoms with Crippen LogP contribution in [0.4, 0.5) is 0 Å². The zero-order valence-electron chi connectivity index (χ0n) is 14.1. The fourth-order valence-electron chi connectivity index (χ4n) is 2.65. The van der Waals surface area contributed by atoms with Crippen LogP contribution in [0.1, 0.15) is 18.1 Å². The van der Waals surface area contributed by atoms with E-state index < -0.39 is 0 Å². The molecule has 0 heterocycles. The van der Waals surface area contributed by atoms with Crippen molar-refractivity contribution in [2.75, 3.05) is 6.61 Å². The van der Waals surface area contributed by atoms with Crippen LogP contribution in [0.25, 0.3) is 10.8 Å². The van der Waals surface area contributed by atoms with E-state index in [1.165, 1.54) is 0 Å². The third kappa shape index (κ3) is 4.23. The maximum Gasteiger partial charge on any atom is 0.277 e. The fraction of sp³-hybridized carbons (Fsp3) is 0.143. The van der Waals surface area contributed by atoms with Gasteiger partial charge in [-0.2, -0.15) is 5.10 Å². The van der Waals surface area contributed by atoms with Gasteiger partial charge in [-0.15, -0.1) is 0 Å². The quantitative estimate of drug-likeness (QED) is 0.549. The number of benzene rings is 3. The van der Waals surface area contributed by atoms with Gasteiger partial charge in [0.1, 0.15) is 5.75 Å². The van der Waals surface area contributed by atoms with Crippen LogP contribution in [0, 0.1) is 0 Å². The Kier molecular flexibility index (Phi) is 5.42. The number of ether oxygens (including phenoxy) is 1. The molecule has 0 atom stereocenters. The number of hydrazone groups is 1. The van der Waals surface area contributed by atoms with Crippen LogP contribution in [0.5, 0.6) is 5.75 Å². The molecule has 0 saturated heterocycles. The molecule has 0 saturated carbocycles. The number of carbonyl (C=O) groups excluding carboxylic acids is 1. The zero-order valence-corrected chi connectivity index (χ0v) is 14.1. The lowest BCUT2D eigenvalue weighted by molar-refractivity contribution is -0.123. The summed E-state index contributed by atoms with van der Waals surface area (Å²) in [5.41, 5.74) is 4.54. The van der Waals surface area contributed by atoms with E-state index in [1.807, 2.05) is 66.7 Å². The molecule has 3 aromatic carbocycles. The smallest absolute Gasteiger partial charge is 0.277 e. The van der Waals surface area contributed by atoms with E-state index >= 15 is 0 Å². The Labute approximate surface area is 147 Å². The standard InChI is InChI=1S/C21H20N2O2/c1-2-16-8-4-6-13-20(16)25-15-21(24)23-22-14-18-11-7-10-17-9-3-5-12-19(17)18/h3-14H,2,15H2,1H3,(H,23,24)/b22-14+. The predicted molar refractivity (Wildman–Crippen MR) is 101 cm³/mol. The number of amides is 1. The summed E-state index contributed by atoms with van der Waals surface area (Å²) in [6.07, 6.45) is 2.51. The van der Waals surface area contributed by atoms with Gasteiger partial charge < -0.3 is 4.74 Å². The minimum Gasteiger partial charge on any atom is -0.483 e. The molecule has 3 aromatic rings. The number of aryl methyl sites for hydroxylation is 1. The van der Waals surface area contributed by atoms with Crippen LogP contribution in [-0.2, 0) is 11.2 Å². The summed E-state index contributed by atoms with van der Waals surface area (Å²) in [6.45, 7) is 1.99. The van der Waals surface area contributed by atoms with E-state index in [-0.39, 0.29) is 12.5 Å². The summed E-state index contributed by atoms with van der Waals surface area (Å²) in [5.74, 6) is 0.445. The molecule has 0 aliphatic heterocycles. The molecule has 0 unspecified atom stereocenters. The minimum absolute atomic E-state index is 0.0656. The van der Waals surface area contributed by atoms with Crippen molar-refractivity contribution < 1.29 is 9.53 Å². The summed E-state index contributed by atoms with van der Waals surface area (Å²) in [7, 11) is 0. The van der Waals surface area contributed by atoms with Crippen LogP contribution in [0.2, 0.25) is 0 Å². The molecule has 0 aliphatic carbocycles. The van der Waals surface area contributed by atoms with Gasteiger partial charge in [-0.25, -0.2) is 5.43 Å². The second kappa shape index (κ2) is 8.11. The first-order valence-electron chi connectivity index (χ1n) is 8.28. The molecule has 0 spiro atoms. The van der Waals surface area contributed by atoms with Crippen molar-refractivity contribution in [2.45, 2.75) is 13.3 Å². The number of rotatable bonds is 6. The second-order valence-corrected chi connectivity index (χ2v) is 5.61. The average molecular weight is 332 g/mol. The van der Waals surface area contributed by atoms with Crippen LogP contribution in [0.15, 0.2) is 71.8 Å². The maximum absolute atomic E-state index is 11.9. The minimum atomic E-state index is -0.289. The summed E-state index contributed by atoms with van der Waals surface area (Å²) in [4.78, 5) is 11.9. The number of carbonyl (C=O) groups is 1. The van der Waals surface area contributed by atoms with Crippen molar-refractivity contribution in [1.29, 1.82) is 0 Å². The Bertz CT molecular complexity index is 898. The molecule has 1 amide bonds. The SMILES string of the molecule is CCc1ccccc1OCC(=O)N/N=C/c1cccc2ccccc12. The van der Waals surface area contributed by atoms with Gasteiger partial charge in [0.2, 0.25) is 0 Å². The first kappa shape index (κ1) is 16.7. The third-order valence-corrected chi connectivity index (χ3v) is 3.93. The Morgan fingerprint density at radius 2 is 1.80 bits per heavy atom. The molecule has 1 N–H and O–H groups in total. The fourth-order valence-corrected chi connectivity index (χ4v) is 2.65. The van der Waals surface area contributed by atoms with Crippen molar-refractivity contribution in [1.82, 2.24) is 5.43 Å². The number of hydrogen-bond acceptors (Lipinski definition) is 3. The highest BCUT2D eigenvalue weighted by Gasteiger charge is 2.05. The van der Waals surface area contributed by atoms with Gasteiger partial charge in [-0.3, -0.25) is 4.79 Å². The van der Waals surface area contributed by atoms with Crippen molar-refractivity contribution in [3.63, 3.8) is 0 Å². The Morgan fingerprint density at radius 1 is 1.04 bits per heavy atom. The van der Waals surface area contributed by atoms with Gasteiger partial charge in [-0.1, -0.05) is 67.6 Å². The van der Waals surface area contributed by atoms with Crippen molar-refractivity contribution >= 4 is 22.9 Å². The highest BCUT2D eigenvalue weighted by molar-refractivity contribution is 5.99. The lowest BCUT2D eigenvalue weighted by Crippen LogP contribution is -2.24. The van der Waals surface area contributed by atoms with Gasteiger partial charge >= 0.3 is 0 Å². The molecule has 4 heteroatoms. The molecule has 0 radical (unpaired) electrons. The summed E-state index contributed by atoms with van der Waals surface area (Å²) < 4.78 is 5.58. The zero-order chi connectivity index (χ0) is 17.5.